The molecule has 0 aliphatic carbocycles. The maximum atomic E-state index is 14.0. The number of thioether (sulfide) groups is 1. The van der Waals surface area contributed by atoms with Crippen LogP contribution >= 0.6 is 23.1 Å². The van der Waals surface area contributed by atoms with Gasteiger partial charge in [-0.25, -0.2) is 9.37 Å². The van der Waals surface area contributed by atoms with E-state index in [0.717, 1.165) is 15.3 Å². The number of para-hydroxylation sites is 1. The molecule has 2 heterocycles. The highest BCUT2D eigenvalue weighted by Crippen LogP contribution is 2.28. The third-order valence-electron chi connectivity index (χ3n) is 4.26. The van der Waals surface area contributed by atoms with Gasteiger partial charge in [0.15, 0.2) is 0 Å². The van der Waals surface area contributed by atoms with E-state index >= 15 is 0 Å². The normalized spacial score (nSPS) is 11.1. The minimum atomic E-state index is -0.368. The largest absolute Gasteiger partial charge is 0.310 e. The van der Waals surface area contributed by atoms with Crippen LogP contribution in [0.4, 0.5) is 10.2 Å². The highest BCUT2D eigenvalue weighted by atomic mass is 32.2. The number of carbonyl (C=O) groups is 1. The van der Waals surface area contributed by atoms with Gasteiger partial charge in [-0.1, -0.05) is 35.1 Å². The highest BCUT2D eigenvalue weighted by Gasteiger charge is 2.16. The molecule has 0 aliphatic rings. The fourth-order valence-corrected chi connectivity index (χ4v) is 4.63. The van der Waals surface area contributed by atoms with Gasteiger partial charge in [-0.05, 0) is 38.1 Å². The number of carbonyl (C=O) groups excluding carboxylic acids is 1. The number of fused-ring (bicyclic) bond motifs is 1. The topological polar surface area (TPSA) is 59.8 Å². The van der Waals surface area contributed by atoms with E-state index in [9.17, 15) is 9.18 Å². The number of benzene rings is 2. The lowest BCUT2D eigenvalue weighted by Crippen LogP contribution is -2.15. The van der Waals surface area contributed by atoms with Crippen molar-refractivity contribution >= 4 is 45.0 Å². The molecule has 0 spiro atoms. The van der Waals surface area contributed by atoms with E-state index in [4.69, 9.17) is 0 Å². The first-order valence-electron chi connectivity index (χ1n) is 9.11. The number of hydrogen-bond acceptors (Lipinski definition) is 5. The number of aryl methyl sites for hydroxylation is 2. The first-order chi connectivity index (χ1) is 14.0. The third-order valence-corrected chi connectivity index (χ3v) is 6.27. The first kappa shape index (κ1) is 19.6. The number of aromatic nitrogens is 3. The number of thiazole rings is 1. The molecule has 0 bridgehead atoms. The molecular weight excluding hydrogens is 407 g/mol. The van der Waals surface area contributed by atoms with Crippen LogP contribution in [0.25, 0.3) is 15.3 Å². The Kier molecular flexibility index (Phi) is 5.64. The number of halogens is 1. The molecule has 0 saturated carbocycles. The van der Waals surface area contributed by atoms with Gasteiger partial charge in [-0.3, -0.25) is 4.79 Å². The van der Waals surface area contributed by atoms with E-state index in [-0.39, 0.29) is 11.7 Å². The number of anilines is 1. The molecule has 29 heavy (non-hydrogen) atoms. The molecule has 0 unspecified atom stereocenters. The lowest BCUT2D eigenvalue weighted by atomic mass is 10.2. The summed E-state index contributed by atoms with van der Waals surface area (Å²) in [6.07, 6.45) is 0.372. The smallest absolute Gasteiger partial charge is 0.226 e. The van der Waals surface area contributed by atoms with Crippen LogP contribution in [-0.2, 0) is 4.79 Å². The maximum Gasteiger partial charge on any atom is 0.226 e. The molecule has 4 rings (SSSR count). The predicted octanol–water partition coefficient (Wildman–Crippen LogP) is 5.36. The summed E-state index contributed by atoms with van der Waals surface area (Å²) in [5.41, 5.74) is 2.27. The van der Waals surface area contributed by atoms with Gasteiger partial charge < -0.3 is 5.32 Å². The van der Waals surface area contributed by atoms with Crippen LogP contribution in [0.15, 0.2) is 53.4 Å². The van der Waals surface area contributed by atoms with Crippen molar-refractivity contribution in [2.75, 3.05) is 11.1 Å². The second-order valence-corrected chi connectivity index (χ2v) is 8.80. The standard InChI is InChI=1S/C21H19FN4OS2/c1-13-6-8-15(9-7-13)28-11-10-19(27)23-18-12-14(2)25-26(18)21-24-20-16(22)4-3-5-17(20)29-21/h3-9,12H,10-11H2,1-2H3,(H,23,27). The Hall–Kier alpha value is -2.71. The molecule has 0 radical (unpaired) electrons. The molecule has 2 aromatic heterocycles. The molecule has 148 valence electrons. The Morgan fingerprint density at radius 3 is 2.76 bits per heavy atom. The summed E-state index contributed by atoms with van der Waals surface area (Å²) in [4.78, 5) is 17.9. The zero-order valence-corrected chi connectivity index (χ0v) is 17.6. The summed E-state index contributed by atoms with van der Waals surface area (Å²) in [5.74, 6) is 0.743. The van der Waals surface area contributed by atoms with Crippen molar-refractivity contribution in [3.63, 3.8) is 0 Å². The van der Waals surface area contributed by atoms with Gasteiger partial charge in [0.25, 0.3) is 0 Å². The van der Waals surface area contributed by atoms with E-state index in [2.05, 4.69) is 39.7 Å². The second-order valence-electron chi connectivity index (χ2n) is 6.63. The molecule has 0 atom stereocenters. The Bertz CT molecular complexity index is 1170. The number of nitrogens with zero attached hydrogens (tertiary/aromatic N) is 3. The van der Waals surface area contributed by atoms with E-state index < -0.39 is 0 Å². The maximum absolute atomic E-state index is 14.0. The van der Waals surface area contributed by atoms with Gasteiger partial charge in [0, 0.05) is 23.1 Å². The van der Waals surface area contributed by atoms with E-state index in [1.54, 1.807) is 28.6 Å². The minimum Gasteiger partial charge on any atom is -0.310 e. The van der Waals surface area contributed by atoms with Crippen LogP contribution in [0, 0.1) is 19.7 Å². The molecule has 1 amide bonds. The molecule has 0 fully saturated rings. The van der Waals surface area contributed by atoms with Gasteiger partial charge in [0.2, 0.25) is 11.0 Å². The van der Waals surface area contributed by atoms with Crippen molar-refractivity contribution in [1.29, 1.82) is 0 Å². The predicted molar refractivity (Wildman–Crippen MR) is 117 cm³/mol. The summed E-state index contributed by atoms with van der Waals surface area (Å²) in [6, 6.07) is 14.9. The number of hydrogen-bond donors (Lipinski definition) is 1. The van der Waals surface area contributed by atoms with Crippen molar-refractivity contribution < 1.29 is 9.18 Å². The van der Waals surface area contributed by atoms with Gasteiger partial charge in [-0.2, -0.15) is 9.78 Å². The van der Waals surface area contributed by atoms with Crippen LogP contribution in [-0.4, -0.2) is 26.4 Å². The fraction of sp³-hybridized carbons (Fsp3) is 0.190. The summed E-state index contributed by atoms with van der Waals surface area (Å²) >= 11 is 2.97. The molecule has 2 aromatic carbocycles. The number of rotatable bonds is 6. The van der Waals surface area contributed by atoms with Crippen molar-refractivity contribution in [2.24, 2.45) is 0 Å². The quantitative estimate of drug-likeness (QED) is 0.422. The summed E-state index contributed by atoms with van der Waals surface area (Å²) < 4.78 is 16.3. The molecular formula is C21H19FN4OS2. The average Bonchev–Trinajstić information content (AvgIpc) is 3.27. The second kappa shape index (κ2) is 8.34. The van der Waals surface area contributed by atoms with E-state index in [1.807, 2.05) is 19.9 Å². The van der Waals surface area contributed by atoms with Crippen LogP contribution in [0.2, 0.25) is 0 Å². The van der Waals surface area contributed by atoms with Crippen molar-refractivity contribution in [3.8, 4) is 5.13 Å². The average molecular weight is 427 g/mol. The molecule has 0 aliphatic heterocycles. The van der Waals surface area contributed by atoms with E-state index in [1.165, 1.54) is 23.0 Å². The Balaban J connectivity index is 1.45. The minimum absolute atomic E-state index is 0.0990. The number of nitrogens with one attached hydrogen (secondary N) is 1. The monoisotopic (exact) mass is 426 g/mol. The molecule has 5 nitrogen and oxygen atoms in total. The zero-order valence-electron chi connectivity index (χ0n) is 16.0. The lowest BCUT2D eigenvalue weighted by Gasteiger charge is -2.06. The van der Waals surface area contributed by atoms with Gasteiger partial charge >= 0.3 is 0 Å². The Morgan fingerprint density at radius 1 is 1.21 bits per heavy atom. The number of amides is 1. The van der Waals surface area contributed by atoms with Crippen molar-refractivity contribution in [1.82, 2.24) is 14.8 Å². The van der Waals surface area contributed by atoms with Crippen LogP contribution in [0.1, 0.15) is 17.7 Å². The van der Waals surface area contributed by atoms with Crippen LogP contribution in [0.5, 0.6) is 0 Å². The lowest BCUT2D eigenvalue weighted by molar-refractivity contribution is -0.115. The van der Waals surface area contributed by atoms with Crippen molar-refractivity contribution in [2.45, 2.75) is 25.2 Å². The Morgan fingerprint density at radius 2 is 2.00 bits per heavy atom. The van der Waals surface area contributed by atoms with Gasteiger partial charge in [-0.15, -0.1) is 11.8 Å². The third kappa shape index (κ3) is 4.49. The first-order valence-corrected chi connectivity index (χ1v) is 10.9. The molecule has 1 N–H and O–H groups in total. The van der Waals surface area contributed by atoms with Crippen LogP contribution in [0.3, 0.4) is 0 Å². The summed E-state index contributed by atoms with van der Waals surface area (Å²) in [5, 5.41) is 7.84. The summed E-state index contributed by atoms with van der Waals surface area (Å²) in [7, 11) is 0. The fourth-order valence-electron chi connectivity index (χ4n) is 2.83. The molecule has 0 saturated heterocycles. The molecule has 8 heteroatoms. The summed E-state index contributed by atoms with van der Waals surface area (Å²) in [6.45, 7) is 3.89. The SMILES string of the molecule is Cc1ccc(SCCC(=O)Nc2cc(C)nn2-c2nc3c(F)cccc3s2)cc1. The van der Waals surface area contributed by atoms with Gasteiger partial charge in [0.05, 0.1) is 10.4 Å². The zero-order chi connectivity index (χ0) is 20.4. The molecule has 4 aromatic rings. The highest BCUT2D eigenvalue weighted by molar-refractivity contribution is 7.99. The van der Waals surface area contributed by atoms with Gasteiger partial charge in [0.1, 0.15) is 17.2 Å². The van der Waals surface area contributed by atoms with Crippen LogP contribution < -0.4 is 5.32 Å². The Labute approximate surface area is 176 Å². The van der Waals surface area contributed by atoms with E-state index in [0.29, 0.717) is 28.6 Å². The van der Waals surface area contributed by atoms with Crippen molar-refractivity contribution in [3.05, 3.63) is 65.6 Å².